The molecule has 0 radical (unpaired) electrons. The predicted molar refractivity (Wildman–Crippen MR) is 70.3 cm³/mol. The van der Waals surface area contributed by atoms with Crippen LogP contribution in [0.25, 0.3) is 0 Å². The van der Waals surface area contributed by atoms with Gasteiger partial charge in [-0.3, -0.25) is 4.79 Å². The Labute approximate surface area is 108 Å². The van der Waals surface area contributed by atoms with Crippen LogP contribution in [0.15, 0.2) is 8.68 Å². The molecule has 0 aliphatic rings. The zero-order valence-electron chi connectivity index (χ0n) is 9.36. The summed E-state index contributed by atoms with van der Waals surface area (Å²) in [7, 11) is 0. The molecule has 1 aromatic rings. The van der Waals surface area contributed by atoms with Gasteiger partial charge in [0.15, 0.2) is 8.68 Å². The molecule has 90 valence electrons. The zero-order valence-corrected chi connectivity index (χ0v) is 11.8. The standard InChI is InChI=1S/C9H15N3OS3/c1-3-5-10-7(13)6-15-9-12-11-8(16-9)14-4-2/h3-6H2,1-2H3,(H,10,13). The van der Waals surface area contributed by atoms with Crippen molar-refractivity contribution < 1.29 is 4.79 Å². The minimum absolute atomic E-state index is 0.0618. The molecular formula is C9H15N3OS3. The Hall–Kier alpha value is -0.270. The lowest BCUT2D eigenvalue weighted by Gasteiger charge is -2.00. The summed E-state index contributed by atoms with van der Waals surface area (Å²) >= 11 is 4.67. The third-order valence-electron chi connectivity index (χ3n) is 1.55. The van der Waals surface area contributed by atoms with Crippen molar-refractivity contribution in [2.75, 3.05) is 18.1 Å². The van der Waals surface area contributed by atoms with E-state index >= 15 is 0 Å². The van der Waals surface area contributed by atoms with Crippen LogP contribution in [0.4, 0.5) is 0 Å². The second kappa shape index (κ2) is 7.92. The Bertz CT molecular complexity index is 330. The maximum Gasteiger partial charge on any atom is 0.230 e. The molecular weight excluding hydrogens is 262 g/mol. The van der Waals surface area contributed by atoms with Crippen molar-refractivity contribution in [2.24, 2.45) is 0 Å². The predicted octanol–water partition coefficient (Wildman–Crippen LogP) is 2.27. The van der Waals surface area contributed by atoms with Crippen molar-refractivity contribution in [1.29, 1.82) is 0 Å². The van der Waals surface area contributed by atoms with Gasteiger partial charge in [0.05, 0.1) is 5.75 Å². The molecule has 7 heteroatoms. The number of rotatable bonds is 7. The van der Waals surface area contributed by atoms with E-state index in [0.717, 1.165) is 27.4 Å². The molecule has 0 unspecified atom stereocenters. The summed E-state index contributed by atoms with van der Waals surface area (Å²) in [4.78, 5) is 11.3. The number of thioether (sulfide) groups is 2. The molecule has 0 aromatic carbocycles. The Morgan fingerprint density at radius 3 is 2.62 bits per heavy atom. The summed E-state index contributed by atoms with van der Waals surface area (Å²) in [6.07, 6.45) is 0.965. The largest absolute Gasteiger partial charge is 0.355 e. The molecule has 1 amide bonds. The van der Waals surface area contributed by atoms with E-state index in [4.69, 9.17) is 0 Å². The highest BCUT2D eigenvalue weighted by molar-refractivity contribution is 8.03. The molecule has 0 saturated carbocycles. The van der Waals surface area contributed by atoms with Crippen LogP contribution in [0.1, 0.15) is 20.3 Å². The third-order valence-corrected chi connectivity index (χ3v) is 4.63. The van der Waals surface area contributed by atoms with E-state index in [1.807, 2.05) is 6.92 Å². The van der Waals surface area contributed by atoms with Crippen molar-refractivity contribution in [1.82, 2.24) is 15.5 Å². The second-order valence-corrected chi connectivity index (χ2v) is 6.62. The fourth-order valence-electron chi connectivity index (χ4n) is 0.880. The first-order chi connectivity index (χ1) is 7.76. The number of hydrogen-bond acceptors (Lipinski definition) is 6. The molecule has 0 atom stereocenters. The van der Waals surface area contributed by atoms with Gasteiger partial charge in [-0.2, -0.15) is 0 Å². The van der Waals surface area contributed by atoms with Crippen LogP contribution in [0.3, 0.4) is 0 Å². The molecule has 0 aliphatic carbocycles. The number of hydrogen-bond donors (Lipinski definition) is 1. The van der Waals surface area contributed by atoms with Crippen molar-refractivity contribution in [3.8, 4) is 0 Å². The number of carbonyl (C=O) groups is 1. The van der Waals surface area contributed by atoms with Gasteiger partial charge in [-0.15, -0.1) is 10.2 Å². The first kappa shape index (κ1) is 13.8. The first-order valence-electron chi connectivity index (χ1n) is 5.12. The van der Waals surface area contributed by atoms with Crippen molar-refractivity contribution in [3.05, 3.63) is 0 Å². The van der Waals surface area contributed by atoms with E-state index in [-0.39, 0.29) is 5.91 Å². The van der Waals surface area contributed by atoms with Gasteiger partial charge in [-0.05, 0) is 12.2 Å². The number of amides is 1. The first-order valence-corrected chi connectivity index (χ1v) is 7.90. The molecule has 4 nitrogen and oxygen atoms in total. The smallest absolute Gasteiger partial charge is 0.230 e. The Morgan fingerprint density at radius 1 is 1.31 bits per heavy atom. The number of nitrogens with one attached hydrogen (secondary N) is 1. The van der Waals surface area contributed by atoms with Gasteiger partial charge >= 0.3 is 0 Å². The van der Waals surface area contributed by atoms with Crippen LogP contribution in [-0.4, -0.2) is 34.2 Å². The topological polar surface area (TPSA) is 54.9 Å². The molecule has 0 aliphatic heterocycles. The van der Waals surface area contributed by atoms with Crippen LogP contribution >= 0.6 is 34.9 Å². The van der Waals surface area contributed by atoms with Crippen molar-refractivity contribution in [3.63, 3.8) is 0 Å². The van der Waals surface area contributed by atoms with Gasteiger partial charge in [-0.1, -0.05) is 48.7 Å². The van der Waals surface area contributed by atoms with E-state index in [9.17, 15) is 4.79 Å². The SMILES string of the molecule is CCCNC(=O)CSc1nnc(SCC)s1. The van der Waals surface area contributed by atoms with Crippen LogP contribution < -0.4 is 5.32 Å². The lowest BCUT2D eigenvalue weighted by Crippen LogP contribution is -2.25. The molecule has 0 fully saturated rings. The summed E-state index contributed by atoms with van der Waals surface area (Å²) in [5.41, 5.74) is 0. The highest BCUT2D eigenvalue weighted by Gasteiger charge is 2.07. The van der Waals surface area contributed by atoms with Crippen LogP contribution in [0.5, 0.6) is 0 Å². The maximum atomic E-state index is 11.3. The quantitative estimate of drug-likeness (QED) is 0.775. The van der Waals surface area contributed by atoms with Gasteiger partial charge < -0.3 is 5.32 Å². The number of carbonyl (C=O) groups excluding carboxylic acids is 1. The lowest BCUT2D eigenvalue weighted by atomic mass is 10.5. The third kappa shape index (κ3) is 5.18. The van der Waals surface area contributed by atoms with Crippen molar-refractivity contribution in [2.45, 2.75) is 28.9 Å². The molecule has 1 rings (SSSR count). The van der Waals surface area contributed by atoms with Gasteiger partial charge in [-0.25, -0.2) is 0 Å². The van der Waals surface area contributed by atoms with E-state index in [0.29, 0.717) is 5.75 Å². The number of nitrogens with zero attached hydrogens (tertiary/aromatic N) is 2. The molecule has 1 aromatic heterocycles. The van der Waals surface area contributed by atoms with Crippen molar-refractivity contribution >= 4 is 40.8 Å². The van der Waals surface area contributed by atoms with E-state index in [1.54, 1.807) is 23.1 Å². The zero-order chi connectivity index (χ0) is 11.8. The van der Waals surface area contributed by atoms with Gasteiger partial charge in [0, 0.05) is 6.54 Å². The molecule has 0 saturated heterocycles. The fourth-order valence-corrected chi connectivity index (χ4v) is 3.63. The molecule has 1 heterocycles. The van der Waals surface area contributed by atoms with E-state index in [1.165, 1.54) is 11.8 Å². The lowest BCUT2D eigenvalue weighted by molar-refractivity contribution is -0.118. The summed E-state index contributed by atoms with van der Waals surface area (Å²) in [5.74, 6) is 1.48. The Kier molecular flexibility index (Phi) is 6.82. The fraction of sp³-hybridized carbons (Fsp3) is 0.667. The summed E-state index contributed by atoms with van der Waals surface area (Å²) in [5, 5.41) is 10.9. The van der Waals surface area contributed by atoms with Crippen LogP contribution in [0.2, 0.25) is 0 Å². The summed E-state index contributed by atoms with van der Waals surface area (Å²) in [6, 6.07) is 0. The van der Waals surface area contributed by atoms with Gasteiger partial charge in [0.2, 0.25) is 5.91 Å². The van der Waals surface area contributed by atoms with Gasteiger partial charge in [0.25, 0.3) is 0 Å². The molecule has 0 spiro atoms. The Balaban J connectivity index is 2.28. The minimum atomic E-state index is 0.0618. The average Bonchev–Trinajstić information content (AvgIpc) is 2.72. The Morgan fingerprint density at radius 2 is 2.00 bits per heavy atom. The average molecular weight is 277 g/mol. The summed E-state index contributed by atoms with van der Waals surface area (Å²) < 4.78 is 1.83. The molecule has 1 N–H and O–H groups in total. The van der Waals surface area contributed by atoms with Gasteiger partial charge in [0.1, 0.15) is 0 Å². The number of aromatic nitrogens is 2. The molecule has 16 heavy (non-hydrogen) atoms. The highest BCUT2D eigenvalue weighted by atomic mass is 32.2. The highest BCUT2D eigenvalue weighted by Crippen LogP contribution is 2.28. The monoisotopic (exact) mass is 277 g/mol. The summed E-state index contributed by atoms with van der Waals surface area (Å²) in [6.45, 7) is 4.86. The maximum absolute atomic E-state index is 11.3. The van der Waals surface area contributed by atoms with Crippen LogP contribution in [0, 0.1) is 0 Å². The molecule has 0 bridgehead atoms. The van der Waals surface area contributed by atoms with E-state index < -0.39 is 0 Å². The minimum Gasteiger partial charge on any atom is -0.355 e. The van der Waals surface area contributed by atoms with Crippen LogP contribution in [-0.2, 0) is 4.79 Å². The normalized spacial score (nSPS) is 10.4. The second-order valence-electron chi connectivity index (χ2n) is 2.91. The van der Waals surface area contributed by atoms with E-state index in [2.05, 4.69) is 22.4 Å².